The van der Waals surface area contributed by atoms with E-state index >= 15 is 0 Å². The highest BCUT2D eigenvalue weighted by molar-refractivity contribution is 7.98. The average Bonchev–Trinajstić information content (AvgIpc) is 2.48. The minimum absolute atomic E-state index is 0.235. The number of hydrogen-bond acceptors (Lipinski definition) is 4. The van der Waals surface area contributed by atoms with Gasteiger partial charge in [0.1, 0.15) is 6.04 Å². The first-order chi connectivity index (χ1) is 10.5. The molecule has 5 nitrogen and oxygen atoms in total. The third-order valence-corrected chi connectivity index (χ3v) is 3.92. The lowest BCUT2D eigenvalue weighted by molar-refractivity contribution is -0.135. The summed E-state index contributed by atoms with van der Waals surface area (Å²) in [5.41, 5.74) is 2.57. The van der Waals surface area contributed by atoms with Gasteiger partial charge in [-0.1, -0.05) is 23.2 Å². The topological polar surface area (TPSA) is 67.4 Å². The maximum Gasteiger partial charge on any atom is 0.266 e. The van der Waals surface area contributed by atoms with E-state index in [9.17, 15) is 9.59 Å². The van der Waals surface area contributed by atoms with E-state index in [2.05, 4.69) is 10.8 Å². The molecule has 0 aliphatic carbocycles. The lowest BCUT2D eigenvalue weighted by atomic mass is 10.1. The number of nitrogens with one attached hydrogen (secondary N) is 2. The van der Waals surface area contributed by atoms with Gasteiger partial charge >= 0.3 is 0 Å². The predicted molar refractivity (Wildman–Crippen MR) is 90.5 cm³/mol. The second kappa shape index (κ2) is 9.94. The third kappa shape index (κ3) is 6.04. The van der Waals surface area contributed by atoms with Gasteiger partial charge in [0, 0.05) is 5.02 Å². The molecule has 2 N–H and O–H groups in total. The maximum atomic E-state index is 12.3. The Hall–Kier alpha value is -0.950. The molecule has 1 rings (SSSR count). The van der Waals surface area contributed by atoms with Gasteiger partial charge in [0.2, 0.25) is 0 Å². The zero-order valence-electron chi connectivity index (χ0n) is 12.3. The summed E-state index contributed by atoms with van der Waals surface area (Å²) in [7, 11) is 0. The van der Waals surface area contributed by atoms with Crippen molar-refractivity contribution in [3.63, 3.8) is 0 Å². The molecule has 0 bridgehead atoms. The van der Waals surface area contributed by atoms with E-state index in [0.717, 1.165) is 5.75 Å². The van der Waals surface area contributed by atoms with Gasteiger partial charge in [-0.25, -0.2) is 5.48 Å². The molecule has 0 radical (unpaired) electrons. The van der Waals surface area contributed by atoms with Crippen molar-refractivity contribution in [1.29, 1.82) is 0 Å². The molecular formula is C14H18Cl2N2O3S. The van der Waals surface area contributed by atoms with Gasteiger partial charge in [-0.2, -0.15) is 11.8 Å². The van der Waals surface area contributed by atoms with E-state index in [1.165, 1.54) is 12.1 Å². The Morgan fingerprint density at radius 1 is 1.36 bits per heavy atom. The van der Waals surface area contributed by atoms with E-state index < -0.39 is 17.9 Å². The SMILES string of the molecule is CCONC(=O)C(CCSC)NC(=O)c1ccc(Cl)cc1Cl. The standard InChI is InChI=1S/C14H18Cl2N2O3S/c1-3-21-18-14(20)12(6-7-22-2)17-13(19)10-5-4-9(15)8-11(10)16/h4-5,8,12H,3,6-7H2,1-2H3,(H,17,19)(H,18,20). The lowest BCUT2D eigenvalue weighted by Crippen LogP contribution is -2.47. The smallest absolute Gasteiger partial charge is 0.266 e. The molecule has 1 unspecified atom stereocenters. The van der Waals surface area contributed by atoms with Crippen LogP contribution in [0.2, 0.25) is 10.0 Å². The Balaban J connectivity index is 2.78. The Labute approximate surface area is 144 Å². The number of benzene rings is 1. The van der Waals surface area contributed by atoms with Crippen LogP contribution in [0.25, 0.3) is 0 Å². The van der Waals surface area contributed by atoms with Crippen molar-refractivity contribution in [2.75, 3.05) is 18.6 Å². The molecule has 1 atom stereocenters. The van der Waals surface area contributed by atoms with Gasteiger partial charge in [-0.05, 0) is 43.6 Å². The van der Waals surface area contributed by atoms with Gasteiger partial charge in [0.05, 0.1) is 17.2 Å². The molecule has 1 aromatic rings. The summed E-state index contributed by atoms with van der Waals surface area (Å²) >= 11 is 13.4. The number of halogens is 2. The van der Waals surface area contributed by atoms with Crippen molar-refractivity contribution in [3.8, 4) is 0 Å². The molecule has 122 valence electrons. The quantitative estimate of drug-likeness (QED) is 0.696. The maximum absolute atomic E-state index is 12.3. The number of amides is 2. The van der Waals surface area contributed by atoms with Crippen LogP contribution in [0.5, 0.6) is 0 Å². The highest BCUT2D eigenvalue weighted by atomic mass is 35.5. The summed E-state index contributed by atoms with van der Waals surface area (Å²) < 4.78 is 0. The Kier molecular flexibility index (Phi) is 8.63. The predicted octanol–water partition coefficient (Wildman–Crippen LogP) is 2.91. The third-order valence-electron chi connectivity index (χ3n) is 2.73. The lowest BCUT2D eigenvalue weighted by Gasteiger charge is -2.18. The zero-order chi connectivity index (χ0) is 16.5. The van der Waals surface area contributed by atoms with Gasteiger partial charge < -0.3 is 5.32 Å². The molecule has 0 fully saturated rings. The molecule has 0 aliphatic rings. The van der Waals surface area contributed by atoms with E-state index in [1.807, 2.05) is 6.26 Å². The second-order valence-electron chi connectivity index (χ2n) is 4.33. The summed E-state index contributed by atoms with van der Waals surface area (Å²) in [5.74, 6) is -0.104. The number of carbonyl (C=O) groups is 2. The first-order valence-corrected chi connectivity index (χ1v) is 8.81. The molecular weight excluding hydrogens is 347 g/mol. The van der Waals surface area contributed by atoms with Gasteiger partial charge in [0.25, 0.3) is 11.8 Å². The van der Waals surface area contributed by atoms with E-state index in [1.54, 1.807) is 24.8 Å². The Morgan fingerprint density at radius 3 is 2.68 bits per heavy atom. The van der Waals surface area contributed by atoms with Crippen LogP contribution in [0.4, 0.5) is 0 Å². The molecule has 0 aromatic heterocycles. The molecule has 2 amide bonds. The number of rotatable bonds is 8. The summed E-state index contributed by atoms with van der Waals surface area (Å²) in [6.45, 7) is 2.10. The van der Waals surface area contributed by atoms with E-state index in [-0.39, 0.29) is 10.6 Å². The molecule has 0 saturated heterocycles. The van der Waals surface area contributed by atoms with Crippen LogP contribution < -0.4 is 10.8 Å². The van der Waals surface area contributed by atoms with Crippen LogP contribution in [0, 0.1) is 0 Å². The summed E-state index contributed by atoms with van der Waals surface area (Å²) in [4.78, 5) is 29.1. The van der Waals surface area contributed by atoms with Crippen LogP contribution in [0.15, 0.2) is 18.2 Å². The van der Waals surface area contributed by atoms with Crippen molar-refractivity contribution in [1.82, 2.24) is 10.8 Å². The second-order valence-corrected chi connectivity index (χ2v) is 6.16. The number of hydroxylamine groups is 1. The van der Waals surface area contributed by atoms with Crippen LogP contribution in [0.1, 0.15) is 23.7 Å². The Bertz CT molecular complexity index is 529. The molecule has 1 aromatic carbocycles. The van der Waals surface area contributed by atoms with E-state index in [0.29, 0.717) is 18.1 Å². The van der Waals surface area contributed by atoms with E-state index in [4.69, 9.17) is 28.0 Å². The van der Waals surface area contributed by atoms with Crippen LogP contribution >= 0.6 is 35.0 Å². The summed E-state index contributed by atoms with van der Waals surface area (Å²) in [6.07, 6.45) is 2.41. The van der Waals surface area contributed by atoms with Crippen molar-refractivity contribution in [2.24, 2.45) is 0 Å². The number of hydrogen-bond donors (Lipinski definition) is 2. The van der Waals surface area contributed by atoms with Crippen molar-refractivity contribution < 1.29 is 14.4 Å². The van der Waals surface area contributed by atoms with Crippen LogP contribution in [-0.4, -0.2) is 36.5 Å². The van der Waals surface area contributed by atoms with Crippen molar-refractivity contribution in [3.05, 3.63) is 33.8 Å². The highest BCUT2D eigenvalue weighted by Crippen LogP contribution is 2.21. The molecule has 0 aliphatic heterocycles. The molecule has 0 spiro atoms. The normalized spacial score (nSPS) is 11.8. The monoisotopic (exact) mass is 364 g/mol. The van der Waals surface area contributed by atoms with Crippen molar-refractivity contribution >= 4 is 46.8 Å². The van der Waals surface area contributed by atoms with Gasteiger partial charge in [0.15, 0.2) is 0 Å². The fourth-order valence-electron chi connectivity index (χ4n) is 1.63. The first kappa shape index (κ1) is 19.1. The van der Waals surface area contributed by atoms with Gasteiger partial charge in [-0.15, -0.1) is 0 Å². The largest absolute Gasteiger partial charge is 0.340 e. The Morgan fingerprint density at radius 2 is 2.09 bits per heavy atom. The van der Waals surface area contributed by atoms with Crippen LogP contribution in [-0.2, 0) is 9.63 Å². The summed E-state index contributed by atoms with van der Waals surface area (Å²) in [6, 6.07) is 3.87. The fraction of sp³-hybridized carbons (Fsp3) is 0.429. The van der Waals surface area contributed by atoms with Crippen molar-refractivity contribution in [2.45, 2.75) is 19.4 Å². The molecule has 0 heterocycles. The average molecular weight is 365 g/mol. The minimum Gasteiger partial charge on any atom is -0.340 e. The molecule has 0 saturated carbocycles. The summed E-state index contributed by atoms with van der Waals surface area (Å²) in [5, 5.41) is 3.34. The highest BCUT2D eigenvalue weighted by Gasteiger charge is 2.22. The molecule has 22 heavy (non-hydrogen) atoms. The first-order valence-electron chi connectivity index (χ1n) is 6.66. The zero-order valence-corrected chi connectivity index (χ0v) is 14.6. The minimum atomic E-state index is -0.696. The van der Waals surface area contributed by atoms with Gasteiger partial charge in [-0.3, -0.25) is 14.4 Å². The van der Waals surface area contributed by atoms with Crippen LogP contribution in [0.3, 0.4) is 0 Å². The fourth-order valence-corrected chi connectivity index (χ4v) is 2.59. The number of thioether (sulfide) groups is 1. The number of carbonyl (C=O) groups excluding carboxylic acids is 2. The molecule has 8 heteroatoms.